The van der Waals surface area contributed by atoms with Crippen molar-refractivity contribution in [3.05, 3.63) is 28.9 Å². The average molecular weight is 182 g/mol. The highest BCUT2D eigenvalue weighted by Crippen LogP contribution is 2.34. The van der Waals surface area contributed by atoms with Gasteiger partial charge >= 0.3 is 0 Å². The summed E-state index contributed by atoms with van der Waals surface area (Å²) in [4.78, 5) is 3.01. The van der Waals surface area contributed by atoms with Crippen LogP contribution in [0.3, 0.4) is 0 Å². The summed E-state index contributed by atoms with van der Waals surface area (Å²) in [5.41, 5.74) is 1.79. The molecule has 0 aliphatic carbocycles. The molecule has 0 fully saturated rings. The number of aromatic amines is 1. The van der Waals surface area contributed by atoms with E-state index in [0.29, 0.717) is 5.02 Å². The number of phenolic OH excluding ortho intramolecular Hbond substituents is 1. The van der Waals surface area contributed by atoms with Gasteiger partial charge in [-0.2, -0.15) is 0 Å². The molecular weight excluding hydrogens is 174 g/mol. The van der Waals surface area contributed by atoms with E-state index in [1.807, 2.05) is 13.0 Å². The standard InChI is InChI=1S/C9H8ClNO/c1-5-4-7-6(2-3-11-7)9(12)8(5)10/h2-4,11-12H,1H3. The van der Waals surface area contributed by atoms with Crippen LogP contribution in [0.4, 0.5) is 0 Å². The summed E-state index contributed by atoms with van der Waals surface area (Å²) in [7, 11) is 0. The molecule has 1 aromatic heterocycles. The van der Waals surface area contributed by atoms with Crippen molar-refractivity contribution in [2.75, 3.05) is 0 Å². The summed E-state index contributed by atoms with van der Waals surface area (Å²) < 4.78 is 0. The molecule has 2 rings (SSSR count). The van der Waals surface area contributed by atoms with Gasteiger partial charge in [-0.15, -0.1) is 0 Å². The van der Waals surface area contributed by atoms with E-state index in [9.17, 15) is 5.11 Å². The van der Waals surface area contributed by atoms with Crippen LogP contribution >= 0.6 is 11.6 Å². The van der Waals surface area contributed by atoms with Gasteiger partial charge in [0.15, 0.2) is 0 Å². The Labute approximate surface area is 74.8 Å². The second-order valence-electron chi connectivity index (χ2n) is 2.79. The predicted octanol–water partition coefficient (Wildman–Crippen LogP) is 2.84. The second kappa shape index (κ2) is 2.42. The predicted molar refractivity (Wildman–Crippen MR) is 49.7 cm³/mol. The molecule has 0 spiro atoms. The Hall–Kier alpha value is -1.15. The van der Waals surface area contributed by atoms with Gasteiger partial charge in [-0.05, 0) is 24.6 Å². The maximum absolute atomic E-state index is 9.58. The highest BCUT2D eigenvalue weighted by molar-refractivity contribution is 6.34. The van der Waals surface area contributed by atoms with Crippen LogP contribution in [0.5, 0.6) is 5.75 Å². The van der Waals surface area contributed by atoms with Crippen LogP contribution in [-0.2, 0) is 0 Å². The molecule has 2 N–H and O–H groups in total. The molecule has 0 unspecified atom stereocenters. The lowest BCUT2D eigenvalue weighted by molar-refractivity contribution is 0.481. The third kappa shape index (κ3) is 0.883. The molecular formula is C9H8ClNO. The maximum atomic E-state index is 9.58. The lowest BCUT2D eigenvalue weighted by atomic mass is 10.1. The minimum absolute atomic E-state index is 0.160. The highest BCUT2D eigenvalue weighted by Gasteiger charge is 2.07. The minimum Gasteiger partial charge on any atom is -0.506 e. The number of hydrogen-bond donors (Lipinski definition) is 2. The zero-order valence-corrected chi connectivity index (χ0v) is 7.31. The number of H-pyrrole nitrogens is 1. The van der Waals surface area contributed by atoms with E-state index >= 15 is 0 Å². The molecule has 0 aliphatic rings. The molecule has 2 aromatic rings. The zero-order chi connectivity index (χ0) is 8.72. The Bertz CT molecular complexity index is 433. The fourth-order valence-electron chi connectivity index (χ4n) is 1.29. The van der Waals surface area contributed by atoms with Crippen LogP contribution in [0, 0.1) is 6.92 Å². The lowest BCUT2D eigenvalue weighted by Crippen LogP contribution is -1.77. The molecule has 62 valence electrons. The minimum atomic E-state index is 0.160. The van der Waals surface area contributed by atoms with Gasteiger partial charge in [0.05, 0.1) is 5.02 Å². The fraction of sp³-hybridized carbons (Fsp3) is 0.111. The Morgan fingerprint density at radius 2 is 2.25 bits per heavy atom. The van der Waals surface area contributed by atoms with Gasteiger partial charge in [-0.25, -0.2) is 0 Å². The van der Waals surface area contributed by atoms with E-state index in [1.165, 1.54) is 0 Å². The van der Waals surface area contributed by atoms with E-state index in [-0.39, 0.29) is 5.75 Å². The SMILES string of the molecule is Cc1cc2[nH]ccc2c(O)c1Cl. The third-order valence-electron chi connectivity index (χ3n) is 1.95. The van der Waals surface area contributed by atoms with E-state index in [0.717, 1.165) is 16.5 Å². The van der Waals surface area contributed by atoms with Crippen LogP contribution in [0.25, 0.3) is 10.9 Å². The van der Waals surface area contributed by atoms with Gasteiger partial charge in [-0.3, -0.25) is 0 Å². The number of rotatable bonds is 0. The summed E-state index contributed by atoms with van der Waals surface area (Å²) in [5, 5.41) is 10.8. The first-order valence-corrected chi connectivity index (χ1v) is 4.03. The van der Waals surface area contributed by atoms with E-state index < -0.39 is 0 Å². The average Bonchev–Trinajstić information content (AvgIpc) is 2.48. The van der Waals surface area contributed by atoms with Crippen LogP contribution in [0.15, 0.2) is 18.3 Å². The number of hydrogen-bond acceptors (Lipinski definition) is 1. The molecule has 0 aliphatic heterocycles. The van der Waals surface area contributed by atoms with Gasteiger partial charge in [0, 0.05) is 17.1 Å². The van der Waals surface area contributed by atoms with E-state index in [4.69, 9.17) is 11.6 Å². The van der Waals surface area contributed by atoms with Gasteiger partial charge in [0.2, 0.25) is 0 Å². The first-order chi connectivity index (χ1) is 5.70. The molecule has 0 saturated heterocycles. The van der Waals surface area contributed by atoms with Gasteiger partial charge in [0.1, 0.15) is 5.75 Å². The first-order valence-electron chi connectivity index (χ1n) is 3.65. The fourth-order valence-corrected chi connectivity index (χ4v) is 1.45. The monoisotopic (exact) mass is 181 g/mol. The van der Waals surface area contributed by atoms with Crippen molar-refractivity contribution in [3.8, 4) is 5.75 Å². The van der Waals surface area contributed by atoms with E-state index in [2.05, 4.69) is 4.98 Å². The van der Waals surface area contributed by atoms with Crippen molar-refractivity contribution in [1.29, 1.82) is 0 Å². The number of phenols is 1. The quantitative estimate of drug-likeness (QED) is 0.644. The molecule has 0 atom stereocenters. The van der Waals surface area contributed by atoms with Crippen LogP contribution in [-0.4, -0.2) is 10.1 Å². The number of aromatic nitrogens is 1. The first kappa shape index (κ1) is 7.50. The van der Waals surface area contributed by atoms with Crippen LogP contribution < -0.4 is 0 Å². The normalized spacial score (nSPS) is 10.8. The van der Waals surface area contributed by atoms with Crippen molar-refractivity contribution in [3.63, 3.8) is 0 Å². The molecule has 0 amide bonds. The second-order valence-corrected chi connectivity index (χ2v) is 3.17. The topological polar surface area (TPSA) is 36.0 Å². The van der Waals surface area contributed by atoms with E-state index in [1.54, 1.807) is 12.3 Å². The summed E-state index contributed by atoms with van der Waals surface area (Å²) in [6.45, 7) is 1.86. The van der Waals surface area contributed by atoms with Gasteiger partial charge in [-0.1, -0.05) is 11.6 Å². The lowest BCUT2D eigenvalue weighted by Gasteiger charge is -2.01. The molecule has 0 saturated carbocycles. The highest BCUT2D eigenvalue weighted by atomic mass is 35.5. The van der Waals surface area contributed by atoms with Gasteiger partial charge in [0.25, 0.3) is 0 Å². The number of fused-ring (bicyclic) bond motifs is 1. The number of benzene rings is 1. The van der Waals surface area contributed by atoms with Crippen LogP contribution in [0.2, 0.25) is 5.02 Å². The Morgan fingerprint density at radius 1 is 1.50 bits per heavy atom. The summed E-state index contributed by atoms with van der Waals surface area (Å²) in [6.07, 6.45) is 1.78. The number of aromatic hydroxyl groups is 1. The zero-order valence-electron chi connectivity index (χ0n) is 6.56. The maximum Gasteiger partial charge on any atom is 0.143 e. The van der Waals surface area contributed by atoms with Crippen LogP contribution in [0.1, 0.15) is 5.56 Å². The van der Waals surface area contributed by atoms with Crippen molar-refractivity contribution >= 4 is 22.5 Å². The smallest absolute Gasteiger partial charge is 0.143 e. The molecule has 1 heterocycles. The molecule has 0 radical (unpaired) electrons. The molecule has 2 nitrogen and oxygen atoms in total. The Kier molecular flexibility index (Phi) is 1.51. The van der Waals surface area contributed by atoms with Crippen molar-refractivity contribution < 1.29 is 5.11 Å². The van der Waals surface area contributed by atoms with Crippen molar-refractivity contribution in [2.24, 2.45) is 0 Å². The summed E-state index contributed by atoms with van der Waals surface area (Å²) in [6, 6.07) is 3.72. The van der Waals surface area contributed by atoms with Gasteiger partial charge < -0.3 is 10.1 Å². The largest absolute Gasteiger partial charge is 0.506 e. The Balaban J connectivity index is 2.94. The molecule has 12 heavy (non-hydrogen) atoms. The molecule has 1 aromatic carbocycles. The van der Waals surface area contributed by atoms with Crippen molar-refractivity contribution in [1.82, 2.24) is 4.98 Å². The number of halogens is 1. The molecule has 0 bridgehead atoms. The Morgan fingerprint density at radius 3 is 3.00 bits per heavy atom. The third-order valence-corrected chi connectivity index (χ3v) is 2.43. The summed E-state index contributed by atoms with van der Waals surface area (Å²) in [5.74, 6) is 0.160. The summed E-state index contributed by atoms with van der Waals surface area (Å²) >= 11 is 5.85. The number of nitrogens with one attached hydrogen (secondary N) is 1. The van der Waals surface area contributed by atoms with Crippen molar-refractivity contribution in [2.45, 2.75) is 6.92 Å². The molecule has 3 heteroatoms. The number of aryl methyl sites for hydroxylation is 1.